The van der Waals surface area contributed by atoms with E-state index in [0.29, 0.717) is 0 Å². The highest BCUT2D eigenvalue weighted by Crippen LogP contribution is 2.34. The van der Waals surface area contributed by atoms with E-state index in [1.807, 2.05) is 0 Å². The van der Waals surface area contributed by atoms with Crippen molar-refractivity contribution in [3.63, 3.8) is 0 Å². The van der Waals surface area contributed by atoms with E-state index in [2.05, 4.69) is 25.4 Å². The standard InChI is InChI=1S/C8H7N7O3S/c9-14-6-5(15(17)18)7(12-3-11-6)19-8-10-2-1-4(16)13-8/h1-3H,9H2,(H,10,13,16)(H,11,12,14). The average molecular weight is 281 g/mol. The first-order valence-electron chi connectivity index (χ1n) is 4.81. The Morgan fingerprint density at radius 2 is 2.21 bits per heavy atom. The van der Waals surface area contributed by atoms with Gasteiger partial charge in [-0.15, -0.1) is 0 Å². The maximum absolute atomic E-state index is 11.1. The monoisotopic (exact) mass is 281 g/mol. The van der Waals surface area contributed by atoms with Crippen LogP contribution < -0.4 is 16.8 Å². The molecule has 0 fully saturated rings. The number of hydrogen-bond donors (Lipinski definition) is 3. The topological polar surface area (TPSA) is 153 Å². The van der Waals surface area contributed by atoms with Crippen molar-refractivity contribution < 1.29 is 4.92 Å². The van der Waals surface area contributed by atoms with Crippen molar-refractivity contribution in [2.75, 3.05) is 5.43 Å². The molecule has 0 saturated carbocycles. The Morgan fingerprint density at radius 3 is 2.84 bits per heavy atom. The first-order valence-corrected chi connectivity index (χ1v) is 5.62. The van der Waals surface area contributed by atoms with Gasteiger partial charge in [0, 0.05) is 12.3 Å². The number of nitrogen functional groups attached to an aromatic ring is 1. The van der Waals surface area contributed by atoms with Crippen molar-refractivity contribution in [1.29, 1.82) is 0 Å². The first-order chi connectivity index (χ1) is 9.11. The molecule has 2 aromatic rings. The van der Waals surface area contributed by atoms with Crippen LogP contribution in [0.3, 0.4) is 0 Å². The van der Waals surface area contributed by atoms with Crippen molar-refractivity contribution >= 4 is 23.3 Å². The number of aromatic amines is 1. The van der Waals surface area contributed by atoms with E-state index in [0.717, 1.165) is 18.1 Å². The van der Waals surface area contributed by atoms with E-state index in [-0.39, 0.29) is 27.2 Å². The third-order valence-corrected chi connectivity index (χ3v) is 2.84. The Bertz CT molecular complexity index is 673. The van der Waals surface area contributed by atoms with Gasteiger partial charge in [-0.3, -0.25) is 14.9 Å². The zero-order valence-electron chi connectivity index (χ0n) is 9.23. The molecule has 2 heterocycles. The summed E-state index contributed by atoms with van der Waals surface area (Å²) in [6.07, 6.45) is 2.40. The Morgan fingerprint density at radius 1 is 1.42 bits per heavy atom. The predicted molar refractivity (Wildman–Crippen MR) is 65.5 cm³/mol. The van der Waals surface area contributed by atoms with E-state index in [4.69, 9.17) is 5.84 Å². The first kappa shape index (κ1) is 12.9. The number of rotatable bonds is 4. The lowest BCUT2D eigenvalue weighted by Gasteiger charge is -2.04. The fourth-order valence-corrected chi connectivity index (χ4v) is 2.02. The van der Waals surface area contributed by atoms with Crippen LogP contribution in [0.25, 0.3) is 0 Å². The molecule has 0 spiro atoms. The maximum Gasteiger partial charge on any atom is 0.345 e. The lowest BCUT2D eigenvalue weighted by atomic mass is 10.5. The highest BCUT2D eigenvalue weighted by atomic mass is 32.2. The number of nitro groups is 1. The van der Waals surface area contributed by atoms with E-state index >= 15 is 0 Å². The summed E-state index contributed by atoms with van der Waals surface area (Å²) in [5.74, 6) is 5.02. The molecule has 0 aromatic carbocycles. The number of nitrogens with zero attached hydrogens (tertiary/aromatic N) is 4. The summed E-state index contributed by atoms with van der Waals surface area (Å²) in [5, 5.41) is 11.2. The second-order valence-corrected chi connectivity index (χ2v) is 4.10. The molecule has 19 heavy (non-hydrogen) atoms. The molecular formula is C8H7N7O3S. The fraction of sp³-hybridized carbons (Fsp3) is 0. The lowest BCUT2D eigenvalue weighted by molar-refractivity contribution is -0.387. The maximum atomic E-state index is 11.1. The van der Waals surface area contributed by atoms with E-state index in [9.17, 15) is 14.9 Å². The Hall–Kier alpha value is -2.53. The number of nitrogens with one attached hydrogen (secondary N) is 2. The fourth-order valence-electron chi connectivity index (χ4n) is 1.20. The van der Waals surface area contributed by atoms with Gasteiger partial charge >= 0.3 is 5.69 Å². The van der Waals surface area contributed by atoms with Crippen molar-refractivity contribution in [2.45, 2.75) is 10.2 Å². The Kier molecular flexibility index (Phi) is 3.68. The molecule has 2 rings (SSSR count). The van der Waals surface area contributed by atoms with E-state index < -0.39 is 4.92 Å². The van der Waals surface area contributed by atoms with Gasteiger partial charge in [0.15, 0.2) is 10.2 Å². The van der Waals surface area contributed by atoms with Gasteiger partial charge in [-0.05, 0) is 11.8 Å². The van der Waals surface area contributed by atoms with Gasteiger partial charge < -0.3 is 10.4 Å². The van der Waals surface area contributed by atoms with Crippen LogP contribution in [0, 0.1) is 10.1 Å². The minimum atomic E-state index is -0.668. The van der Waals surface area contributed by atoms with Crippen molar-refractivity contribution in [2.24, 2.45) is 5.84 Å². The summed E-state index contributed by atoms with van der Waals surface area (Å²) in [4.78, 5) is 35.1. The molecule has 0 aliphatic heterocycles. The number of hydrogen-bond acceptors (Lipinski definition) is 9. The molecule has 0 aliphatic rings. The second-order valence-electron chi connectivity index (χ2n) is 3.12. The number of hydrazine groups is 1. The second kappa shape index (κ2) is 5.41. The van der Waals surface area contributed by atoms with Crippen LogP contribution in [-0.2, 0) is 0 Å². The van der Waals surface area contributed by atoms with Crippen molar-refractivity contribution in [3.05, 3.63) is 39.1 Å². The van der Waals surface area contributed by atoms with Crippen molar-refractivity contribution in [1.82, 2.24) is 19.9 Å². The molecule has 0 saturated heterocycles. The summed E-state index contributed by atoms with van der Waals surface area (Å²) < 4.78 is 0. The van der Waals surface area contributed by atoms with Crippen LogP contribution in [0.1, 0.15) is 0 Å². The lowest BCUT2D eigenvalue weighted by Crippen LogP contribution is -2.12. The van der Waals surface area contributed by atoms with Crippen LogP contribution in [-0.4, -0.2) is 24.9 Å². The van der Waals surface area contributed by atoms with Gasteiger partial charge in [-0.25, -0.2) is 20.8 Å². The van der Waals surface area contributed by atoms with Crippen LogP contribution in [0.4, 0.5) is 11.5 Å². The third kappa shape index (κ3) is 2.83. The van der Waals surface area contributed by atoms with Gasteiger partial charge in [-0.2, -0.15) is 0 Å². The largest absolute Gasteiger partial charge is 0.345 e. The van der Waals surface area contributed by atoms with Crippen LogP contribution in [0.5, 0.6) is 0 Å². The van der Waals surface area contributed by atoms with E-state index in [1.165, 1.54) is 12.3 Å². The zero-order chi connectivity index (χ0) is 13.8. The molecule has 0 atom stereocenters. The predicted octanol–water partition coefficient (Wildman–Crippen LogP) is -0.0951. The van der Waals surface area contributed by atoms with Crippen LogP contribution >= 0.6 is 11.8 Å². The van der Waals surface area contributed by atoms with Gasteiger partial charge in [0.1, 0.15) is 6.33 Å². The van der Waals surface area contributed by atoms with Crippen LogP contribution in [0.15, 0.2) is 33.6 Å². The Labute approximate surface area is 109 Å². The number of H-pyrrole nitrogens is 1. The summed E-state index contributed by atoms with van der Waals surface area (Å²) in [6, 6.07) is 1.23. The molecule has 2 aromatic heterocycles. The average Bonchev–Trinajstić information content (AvgIpc) is 2.38. The van der Waals surface area contributed by atoms with Gasteiger partial charge in [0.2, 0.25) is 5.82 Å². The highest BCUT2D eigenvalue weighted by molar-refractivity contribution is 7.99. The minimum absolute atomic E-state index is 0.0160. The molecule has 0 radical (unpaired) electrons. The van der Waals surface area contributed by atoms with Crippen molar-refractivity contribution in [3.8, 4) is 0 Å². The number of nitrogens with two attached hydrogens (primary N) is 1. The molecule has 98 valence electrons. The van der Waals surface area contributed by atoms with E-state index in [1.54, 1.807) is 0 Å². The Balaban J connectivity index is 2.45. The summed E-state index contributed by atoms with van der Waals surface area (Å²) >= 11 is 0.831. The smallest absolute Gasteiger partial charge is 0.303 e. The highest BCUT2D eigenvalue weighted by Gasteiger charge is 2.23. The van der Waals surface area contributed by atoms with Gasteiger partial charge in [-0.1, -0.05) is 0 Å². The minimum Gasteiger partial charge on any atom is -0.303 e. The molecule has 10 nitrogen and oxygen atoms in total. The molecular weight excluding hydrogens is 274 g/mol. The molecule has 0 bridgehead atoms. The van der Waals surface area contributed by atoms with Crippen LogP contribution in [0.2, 0.25) is 0 Å². The zero-order valence-corrected chi connectivity index (χ0v) is 10.0. The molecule has 11 heteroatoms. The number of aromatic nitrogens is 4. The van der Waals surface area contributed by atoms with Gasteiger partial charge in [0.25, 0.3) is 5.56 Å². The summed E-state index contributed by atoms with van der Waals surface area (Å²) in [7, 11) is 0. The molecule has 0 aliphatic carbocycles. The van der Waals surface area contributed by atoms with Gasteiger partial charge in [0.05, 0.1) is 4.92 Å². The summed E-state index contributed by atoms with van der Waals surface area (Å²) in [5.41, 5.74) is 1.36. The third-order valence-electron chi connectivity index (χ3n) is 1.95. The quantitative estimate of drug-likeness (QED) is 0.229. The molecule has 0 amide bonds. The molecule has 0 unspecified atom stereocenters. The normalized spacial score (nSPS) is 10.2. The molecule has 4 N–H and O–H groups in total. The number of anilines is 1. The SMILES string of the molecule is NNc1ncnc(Sc2nccc(=O)[nH]2)c1[N+](=O)[O-]. The summed E-state index contributed by atoms with van der Waals surface area (Å²) in [6.45, 7) is 0.